The molecule has 0 spiro atoms. The molecule has 1 aromatic carbocycles. The molecule has 1 heterocycles. The first-order valence-electron chi connectivity index (χ1n) is 6.18. The molecule has 1 N–H and O–H groups in total. The fourth-order valence-corrected chi connectivity index (χ4v) is 2.37. The third kappa shape index (κ3) is 3.35. The van der Waals surface area contributed by atoms with E-state index in [4.69, 9.17) is 11.6 Å². The highest BCUT2D eigenvalue weighted by Crippen LogP contribution is 2.20. The Morgan fingerprint density at radius 3 is 2.80 bits per heavy atom. The summed E-state index contributed by atoms with van der Waals surface area (Å²) in [4.78, 5) is 15.4. The van der Waals surface area contributed by atoms with Crippen LogP contribution in [-0.2, 0) is 13.0 Å². The van der Waals surface area contributed by atoms with E-state index in [9.17, 15) is 9.90 Å². The van der Waals surface area contributed by atoms with E-state index in [0.29, 0.717) is 23.8 Å². The monoisotopic (exact) mass is 310 g/mol. The van der Waals surface area contributed by atoms with Gasteiger partial charge < -0.3 is 9.67 Å². The standard InChI is InChI=1S/C14H15ClN2O2S/c1-9(20)8-17-12(14(18)19)7-16-13(17)6-10-4-2-3-5-11(10)15/h2-5,7,9,20H,6,8H2,1H3,(H,18,19). The number of imidazole rings is 1. The van der Waals surface area contributed by atoms with Crippen LogP contribution >= 0.6 is 24.2 Å². The molecule has 0 aliphatic carbocycles. The molecule has 20 heavy (non-hydrogen) atoms. The number of rotatable bonds is 5. The van der Waals surface area contributed by atoms with Gasteiger partial charge in [0.05, 0.1) is 6.20 Å². The quantitative estimate of drug-likeness (QED) is 0.834. The average molecular weight is 311 g/mol. The Kier molecular flexibility index (Phi) is 4.73. The molecular formula is C14H15ClN2O2S. The zero-order valence-electron chi connectivity index (χ0n) is 11.0. The number of benzene rings is 1. The number of thiol groups is 1. The van der Waals surface area contributed by atoms with E-state index < -0.39 is 5.97 Å². The van der Waals surface area contributed by atoms with Crippen molar-refractivity contribution in [2.24, 2.45) is 0 Å². The summed E-state index contributed by atoms with van der Waals surface area (Å²) in [6.45, 7) is 2.40. The Morgan fingerprint density at radius 2 is 2.20 bits per heavy atom. The van der Waals surface area contributed by atoms with Crippen molar-refractivity contribution in [3.63, 3.8) is 0 Å². The van der Waals surface area contributed by atoms with Gasteiger partial charge >= 0.3 is 5.97 Å². The van der Waals surface area contributed by atoms with Crippen LogP contribution in [0.2, 0.25) is 5.02 Å². The van der Waals surface area contributed by atoms with Crippen LogP contribution in [0.1, 0.15) is 28.8 Å². The van der Waals surface area contributed by atoms with Crippen LogP contribution in [0.4, 0.5) is 0 Å². The Bertz CT molecular complexity index is 625. The summed E-state index contributed by atoms with van der Waals surface area (Å²) in [5, 5.41) is 9.89. The number of carbonyl (C=O) groups is 1. The van der Waals surface area contributed by atoms with Gasteiger partial charge in [0.1, 0.15) is 11.5 Å². The normalized spacial score (nSPS) is 12.3. The molecule has 0 aliphatic rings. The molecule has 0 saturated carbocycles. The summed E-state index contributed by atoms with van der Waals surface area (Å²) < 4.78 is 1.68. The first-order valence-corrected chi connectivity index (χ1v) is 7.07. The van der Waals surface area contributed by atoms with Gasteiger partial charge in [0.25, 0.3) is 0 Å². The van der Waals surface area contributed by atoms with Gasteiger partial charge in [-0.2, -0.15) is 12.6 Å². The Hall–Kier alpha value is -1.46. The van der Waals surface area contributed by atoms with Gasteiger partial charge in [-0.25, -0.2) is 9.78 Å². The average Bonchev–Trinajstić information content (AvgIpc) is 2.75. The highest BCUT2D eigenvalue weighted by molar-refractivity contribution is 7.80. The Balaban J connectivity index is 2.36. The summed E-state index contributed by atoms with van der Waals surface area (Å²) in [5.74, 6) is -0.312. The first kappa shape index (κ1) is 14.9. The number of halogens is 1. The molecule has 0 saturated heterocycles. The fraction of sp³-hybridized carbons (Fsp3) is 0.286. The van der Waals surface area contributed by atoms with Crippen LogP contribution < -0.4 is 0 Å². The smallest absolute Gasteiger partial charge is 0.354 e. The van der Waals surface area contributed by atoms with Crippen LogP contribution in [0.5, 0.6) is 0 Å². The van der Waals surface area contributed by atoms with Gasteiger partial charge in [0, 0.05) is 23.2 Å². The van der Waals surface area contributed by atoms with Crippen molar-refractivity contribution in [3.8, 4) is 0 Å². The van der Waals surface area contributed by atoms with E-state index in [1.54, 1.807) is 4.57 Å². The second kappa shape index (κ2) is 6.33. The number of nitrogens with zero attached hydrogens (tertiary/aromatic N) is 2. The van der Waals surface area contributed by atoms with Crippen LogP contribution in [0.3, 0.4) is 0 Å². The minimum absolute atomic E-state index is 0.0345. The van der Waals surface area contributed by atoms with E-state index in [2.05, 4.69) is 17.6 Å². The van der Waals surface area contributed by atoms with Crippen molar-refractivity contribution in [2.75, 3.05) is 0 Å². The van der Waals surface area contributed by atoms with Gasteiger partial charge in [0.2, 0.25) is 0 Å². The molecule has 0 radical (unpaired) electrons. The molecule has 0 aliphatic heterocycles. The van der Waals surface area contributed by atoms with Gasteiger partial charge in [-0.1, -0.05) is 36.7 Å². The number of carboxylic acid groups (broad SMARTS) is 1. The number of hydrogen-bond donors (Lipinski definition) is 2. The molecule has 4 nitrogen and oxygen atoms in total. The molecule has 1 atom stereocenters. The van der Waals surface area contributed by atoms with E-state index in [1.165, 1.54) is 6.20 Å². The molecule has 1 aromatic heterocycles. The SMILES string of the molecule is CC(S)Cn1c(C(=O)O)cnc1Cc1ccccc1Cl. The maximum absolute atomic E-state index is 11.2. The zero-order chi connectivity index (χ0) is 14.7. The Labute approximate surface area is 127 Å². The number of aromatic carboxylic acids is 1. The van der Waals surface area contributed by atoms with Crippen LogP contribution in [0, 0.1) is 0 Å². The maximum Gasteiger partial charge on any atom is 0.354 e. The van der Waals surface area contributed by atoms with Crippen LogP contribution in [0.25, 0.3) is 0 Å². The minimum atomic E-state index is -0.989. The minimum Gasteiger partial charge on any atom is -0.477 e. The number of hydrogen-bond acceptors (Lipinski definition) is 3. The van der Waals surface area contributed by atoms with Gasteiger partial charge in [-0.3, -0.25) is 0 Å². The summed E-state index contributed by atoms with van der Waals surface area (Å²) in [5.41, 5.74) is 1.10. The lowest BCUT2D eigenvalue weighted by atomic mass is 10.1. The molecule has 0 bridgehead atoms. The summed E-state index contributed by atoms with van der Waals surface area (Å²) in [6.07, 6.45) is 1.87. The van der Waals surface area contributed by atoms with E-state index in [1.807, 2.05) is 31.2 Å². The van der Waals surface area contributed by atoms with Crippen molar-refractivity contribution >= 4 is 30.2 Å². The molecule has 2 aromatic rings. The molecule has 0 amide bonds. The van der Waals surface area contributed by atoms with Crippen molar-refractivity contribution in [2.45, 2.75) is 25.1 Å². The third-order valence-corrected chi connectivity index (χ3v) is 3.44. The zero-order valence-corrected chi connectivity index (χ0v) is 12.6. The maximum atomic E-state index is 11.2. The second-order valence-corrected chi connectivity index (χ2v) is 5.88. The third-order valence-electron chi connectivity index (χ3n) is 2.91. The molecular weight excluding hydrogens is 296 g/mol. The number of carboxylic acids is 1. The lowest BCUT2D eigenvalue weighted by Gasteiger charge is -2.12. The Morgan fingerprint density at radius 1 is 1.50 bits per heavy atom. The van der Waals surface area contributed by atoms with Gasteiger partial charge in [-0.15, -0.1) is 0 Å². The topological polar surface area (TPSA) is 55.1 Å². The second-order valence-electron chi connectivity index (χ2n) is 4.59. The summed E-state index contributed by atoms with van der Waals surface area (Å²) in [6, 6.07) is 7.47. The lowest BCUT2D eigenvalue weighted by molar-refractivity contribution is 0.0684. The largest absolute Gasteiger partial charge is 0.477 e. The highest BCUT2D eigenvalue weighted by Gasteiger charge is 2.17. The van der Waals surface area contributed by atoms with E-state index in [-0.39, 0.29) is 10.9 Å². The molecule has 6 heteroatoms. The molecule has 106 valence electrons. The fourth-order valence-electron chi connectivity index (χ4n) is 2.01. The molecule has 0 fully saturated rings. The predicted octanol–water partition coefficient (Wildman–Crippen LogP) is 3.14. The van der Waals surface area contributed by atoms with Crippen LogP contribution in [-0.4, -0.2) is 25.9 Å². The summed E-state index contributed by atoms with van der Waals surface area (Å²) in [7, 11) is 0. The molecule has 2 rings (SSSR count). The number of aromatic nitrogens is 2. The van der Waals surface area contributed by atoms with E-state index in [0.717, 1.165) is 5.56 Å². The molecule has 1 unspecified atom stereocenters. The lowest BCUT2D eigenvalue weighted by Crippen LogP contribution is -2.16. The van der Waals surface area contributed by atoms with Crippen molar-refractivity contribution in [1.29, 1.82) is 0 Å². The first-order chi connectivity index (χ1) is 9.49. The van der Waals surface area contributed by atoms with Crippen LogP contribution in [0.15, 0.2) is 30.5 Å². The highest BCUT2D eigenvalue weighted by atomic mass is 35.5. The van der Waals surface area contributed by atoms with Crippen molar-refractivity contribution in [1.82, 2.24) is 9.55 Å². The van der Waals surface area contributed by atoms with E-state index >= 15 is 0 Å². The predicted molar refractivity (Wildman–Crippen MR) is 81.9 cm³/mol. The van der Waals surface area contributed by atoms with Gasteiger partial charge in [-0.05, 0) is 11.6 Å². The van der Waals surface area contributed by atoms with Crippen molar-refractivity contribution < 1.29 is 9.90 Å². The summed E-state index contributed by atoms with van der Waals surface area (Å²) >= 11 is 10.5. The van der Waals surface area contributed by atoms with Gasteiger partial charge in [0.15, 0.2) is 0 Å². The van der Waals surface area contributed by atoms with Crippen molar-refractivity contribution in [3.05, 3.63) is 52.6 Å².